The quantitative estimate of drug-likeness (QED) is 0.497. The van der Waals surface area contributed by atoms with Crippen LogP contribution < -0.4 is 0 Å². The van der Waals surface area contributed by atoms with Crippen LogP contribution >= 0.6 is 0 Å². The van der Waals surface area contributed by atoms with Crippen LogP contribution in [0.1, 0.15) is 39.5 Å². The summed E-state index contributed by atoms with van der Waals surface area (Å²) in [5.41, 5.74) is 0. The van der Waals surface area contributed by atoms with Gasteiger partial charge in [0.15, 0.2) is 11.9 Å². The summed E-state index contributed by atoms with van der Waals surface area (Å²) in [6, 6.07) is 0. The Morgan fingerprint density at radius 2 is 1.82 bits per heavy atom. The second kappa shape index (κ2) is 8.38. The number of hydrogen-bond donors (Lipinski definition) is 2. The van der Waals surface area contributed by atoms with Crippen LogP contribution in [-0.4, -0.2) is 46.9 Å². The van der Waals surface area contributed by atoms with E-state index in [1.165, 1.54) is 0 Å². The van der Waals surface area contributed by atoms with Crippen LogP contribution in [0.5, 0.6) is 0 Å². The first-order valence-corrected chi connectivity index (χ1v) is 7.09. The van der Waals surface area contributed by atoms with Crippen LogP contribution in [-0.2, 0) is 28.6 Å². The van der Waals surface area contributed by atoms with E-state index in [0.717, 1.165) is 0 Å². The van der Waals surface area contributed by atoms with E-state index in [1.807, 2.05) is 0 Å². The highest BCUT2D eigenvalue weighted by Gasteiger charge is 2.41. The van der Waals surface area contributed by atoms with Gasteiger partial charge in [0.1, 0.15) is 12.7 Å². The van der Waals surface area contributed by atoms with Gasteiger partial charge in [-0.3, -0.25) is 9.59 Å². The minimum absolute atomic E-state index is 0.0753. The maximum Gasteiger partial charge on any atom is 0.378 e. The van der Waals surface area contributed by atoms with Crippen LogP contribution in [0.3, 0.4) is 0 Å². The molecule has 8 heteroatoms. The molecular weight excluding hydrogens is 296 g/mol. The third-order valence-corrected chi connectivity index (χ3v) is 2.81. The Morgan fingerprint density at radius 3 is 2.41 bits per heavy atom. The summed E-state index contributed by atoms with van der Waals surface area (Å²) in [6.07, 6.45) is -1.50. The Bertz CT molecular complexity index is 467. The third kappa shape index (κ3) is 4.73. The van der Waals surface area contributed by atoms with Crippen molar-refractivity contribution in [1.29, 1.82) is 0 Å². The van der Waals surface area contributed by atoms with Crippen molar-refractivity contribution in [2.45, 2.75) is 51.7 Å². The molecule has 0 aliphatic carbocycles. The molecule has 0 radical (unpaired) electrons. The largest absolute Gasteiger partial charge is 0.505 e. The summed E-state index contributed by atoms with van der Waals surface area (Å²) in [4.78, 5) is 34.1. The average Bonchev–Trinajstić information content (AvgIpc) is 2.73. The highest BCUT2D eigenvalue weighted by molar-refractivity contribution is 5.92. The molecule has 0 fully saturated rings. The first-order chi connectivity index (χ1) is 10.4. The van der Waals surface area contributed by atoms with Crippen molar-refractivity contribution in [2.75, 3.05) is 6.61 Å². The van der Waals surface area contributed by atoms with E-state index < -0.39 is 48.2 Å². The predicted molar refractivity (Wildman–Crippen MR) is 72.4 cm³/mol. The van der Waals surface area contributed by atoms with Gasteiger partial charge in [0, 0.05) is 12.8 Å². The molecule has 0 saturated heterocycles. The molecule has 0 aromatic rings. The van der Waals surface area contributed by atoms with Crippen molar-refractivity contribution in [3.63, 3.8) is 0 Å². The Morgan fingerprint density at radius 1 is 1.23 bits per heavy atom. The smallest absolute Gasteiger partial charge is 0.378 e. The summed E-state index contributed by atoms with van der Waals surface area (Å²) >= 11 is 0. The van der Waals surface area contributed by atoms with E-state index in [4.69, 9.17) is 14.2 Å². The number of aliphatic hydroxyl groups excluding tert-OH is 2. The summed E-state index contributed by atoms with van der Waals surface area (Å²) in [6.45, 7) is 3.10. The van der Waals surface area contributed by atoms with Gasteiger partial charge in [-0.1, -0.05) is 13.8 Å². The second-order valence-corrected chi connectivity index (χ2v) is 4.76. The Balaban J connectivity index is 2.64. The Hall–Kier alpha value is -2.09. The molecule has 0 bridgehead atoms. The van der Waals surface area contributed by atoms with Crippen molar-refractivity contribution >= 4 is 17.9 Å². The molecule has 1 heterocycles. The van der Waals surface area contributed by atoms with Crippen LogP contribution in [0.2, 0.25) is 0 Å². The Kier molecular flexibility index (Phi) is 6.84. The third-order valence-electron chi connectivity index (χ3n) is 2.81. The summed E-state index contributed by atoms with van der Waals surface area (Å²) < 4.78 is 14.2. The normalized spacial score (nSPS) is 18.9. The fraction of sp³-hybridized carbons (Fsp3) is 0.643. The number of carbonyl (C=O) groups excluding carboxylic acids is 3. The van der Waals surface area contributed by atoms with Crippen molar-refractivity contribution in [3.05, 3.63) is 11.5 Å². The molecule has 1 aliphatic rings. The van der Waals surface area contributed by atoms with E-state index in [2.05, 4.69) is 0 Å². The van der Waals surface area contributed by atoms with Gasteiger partial charge in [-0.25, -0.2) is 4.79 Å². The maximum absolute atomic E-state index is 11.5. The first kappa shape index (κ1) is 18.0. The van der Waals surface area contributed by atoms with Crippen molar-refractivity contribution in [3.8, 4) is 0 Å². The van der Waals surface area contributed by atoms with Gasteiger partial charge in [-0.2, -0.15) is 0 Å². The van der Waals surface area contributed by atoms with Gasteiger partial charge in [0.25, 0.3) is 5.76 Å². The fourth-order valence-electron chi connectivity index (χ4n) is 1.72. The molecule has 0 aromatic carbocycles. The molecule has 1 aliphatic heterocycles. The van der Waals surface area contributed by atoms with Crippen LogP contribution in [0.4, 0.5) is 0 Å². The van der Waals surface area contributed by atoms with Crippen LogP contribution in [0.25, 0.3) is 0 Å². The lowest BCUT2D eigenvalue weighted by molar-refractivity contribution is -0.157. The molecule has 2 N–H and O–H groups in total. The fourth-order valence-corrected chi connectivity index (χ4v) is 1.72. The molecule has 1 rings (SSSR count). The lowest BCUT2D eigenvalue weighted by Gasteiger charge is -2.16. The number of hydrogen-bond acceptors (Lipinski definition) is 8. The highest BCUT2D eigenvalue weighted by atomic mass is 16.6. The number of carbonyl (C=O) groups is 3. The van der Waals surface area contributed by atoms with Crippen molar-refractivity contribution < 1.29 is 38.8 Å². The van der Waals surface area contributed by atoms with E-state index in [-0.39, 0.29) is 12.8 Å². The monoisotopic (exact) mass is 316 g/mol. The molecule has 2 atom stereocenters. The number of aliphatic hydroxyl groups is 2. The first-order valence-electron chi connectivity index (χ1n) is 7.09. The van der Waals surface area contributed by atoms with Gasteiger partial charge in [0.05, 0.1) is 0 Å². The summed E-state index contributed by atoms with van der Waals surface area (Å²) in [7, 11) is 0. The zero-order valence-corrected chi connectivity index (χ0v) is 12.5. The summed E-state index contributed by atoms with van der Waals surface area (Å²) in [5, 5.41) is 19.7. The maximum atomic E-state index is 11.5. The minimum Gasteiger partial charge on any atom is -0.505 e. The van der Waals surface area contributed by atoms with Crippen molar-refractivity contribution in [2.24, 2.45) is 0 Å². The second-order valence-electron chi connectivity index (χ2n) is 4.76. The van der Waals surface area contributed by atoms with E-state index in [1.54, 1.807) is 13.8 Å². The molecule has 124 valence electrons. The standard InChI is InChI=1S/C14H20O8/c1-3-5-9(16)20-7-8(15)12-11(18)13(14(19)22-12)21-10(17)6-4-2/h8,12,15,18H,3-7H2,1-2H3/t8-,12+/m0/s1. The number of ether oxygens (including phenoxy) is 3. The van der Waals surface area contributed by atoms with E-state index >= 15 is 0 Å². The molecule has 0 saturated carbocycles. The Labute approximate surface area is 127 Å². The van der Waals surface area contributed by atoms with Gasteiger partial charge >= 0.3 is 17.9 Å². The van der Waals surface area contributed by atoms with Gasteiger partial charge < -0.3 is 24.4 Å². The molecular formula is C14H20O8. The van der Waals surface area contributed by atoms with Gasteiger partial charge in [0.2, 0.25) is 0 Å². The van der Waals surface area contributed by atoms with Gasteiger partial charge in [-0.05, 0) is 12.8 Å². The lowest BCUT2D eigenvalue weighted by atomic mass is 10.2. The predicted octanol–water partition coefficient (Wildman–Crippen LogP) is 0.729. The van der Waals surface area contributed by atoms with Crippen molar-refractivity contribution in [1.82, 2.24) is 0 Å². The number of rotatable bonds is 8. The molecule has 8 nitrogen and oxygen atoms in total. The zero-order chi connectivity index (χ0) is 16.7. The average molecular weight is 316 g/mol. The molecule has 0 spiro atoms. The number of esters is 3. The number of cyclic esters (lactones) is 1. The molecule has 0 amide bonds. The SMILES string of the molecule is CCCC(=O)OC[C@H](O)[C@H]1OC(=O)C(OC(=O)CCC)=C1O. The molecule has 0 unspecified atom stereocenters. The van der Waals surface area contributed by atoms with Crippen LogP contribution in [0.15, 0.2) is 11.5 Å². The summed E-state index contributed by atoms with van der Waals surface area (Å²) in [5.74, 6) is -3.57. The van der Waals surface area contributed by atoms with E-state index in [0.29, 0.717) is 12.8 Å². The molecule has 22 heavy (non-hydrogen) atoms. The molecule has 0 aromatic heterocycles. The van der Waals surface area contributed by atoms with Gasteiger partial charge in [-0.15, -0.1) is 0 Å². The topological polar surface area (TPSA) is 119 Å². The lowest BCUT2D eigenvalue weighted by Crippen LogP contribution is -2.33. The minimum atomic E-state index is -1.45. The zero-order valence-electron chi connectivity index (χ0n) is 12.5. The van der Waals surface area contributed by atoms with E-state index in [9.17, 15) is 24.6 Å². The highest BCUT2D eigenvalue weighted by Crippen LogP contribution is 2.25. The van der Waals surface area contributed by atoms with Crippen LogP contribution in [0, 0.1) is 0 Å².